The number of phenolic OH excluding ortho intramolecular Hbond substituents is 1. The Balaban J connectivity index is 1.50. The quantitative estimate of drug-likeness (QED) is 0.258. The van der Waals surface area contributed by atoms with E-state index in [9.17, 15) is 5.11 Å². The van der Waals surface area contributed by atoms with Crippen LogP contribution in [0.3, 0.4) is 0 Å². The van der Waals surface area contributed by atoms with Crippen molar-refractivity contribution in [2.45, 2.75) is 37.8 Å². The molecule has 6 aliphatic heterocycles. The molecule has 4 aromatic rings. The molecule has 0 amide bonds. The summed E-state index contributed by atoms with van der Waals surface area (Å²) in [6.45, 7) is 1.71. The number of hydrogen-bond acceptors (Lipinski definition) is 9. The van der Waals surface area contributed by atoms with Crippen LogP contribution in [-0.2, 0) is 25.7 Å². The van der Waals surface area contributed by atoms with Gasteiger partial charge in [-0.15, -0.1) is 0 Å². The van der Waals surface area contributed by atoms with E-state index in [1.54, 1.807) is 34.5 Å². The predicted octanol–water partition coefficient (Wildman–Crippen LogP) is 6.87. The van der Waals surface area contributed by atoms with Gasteiger partial charge in [-0.3, -0.25) is 9.80 Å². The Kier molecular flexibility index (Phi) is 8.28. The second-order valence-corrected chi connectivity index (χ2v) is 12.6. The zero-order valence-electron chi connectivity index (χ0n) is 27.9. The van der Waals surface area contributed by atoms with E-state index in [1.807, 2.05) is 24.3 Å². The summed E-state index contributed by atoms with van der Waals surface area (Å²) in [6, 6.07) is 17.9. The van der Waals surface area contributed by atoms with E-state index in [-0.39, 0.29) is 17.8 Å². The van der Waals surface area contributed by atoms with Crippen LogP contribution in [0.4, 0.5) is 0 Å². The smallest absolute Gasteiger partial charge is 0.211 e. The Morgan fingerprint density at radius 1 is 0.681 bits per heavy atom. The molecule has 2 atom stereocenters. The van der Waals surface area contributed by atoms with E-state index in [2.05, 4.69) is 48.2 Å². The van der Waals surface area contributed by atoms with Crippen LogP contribution < -0.4 is 28.4 Å². The largest absolute Gasteiger partial charge is 0.504 e. The van der Waals surface area contributed by atoms with E-state index in [0.717, 1.165) is 60.2 Å². The molecule has 0 saturated heterocycles. The average molecular weight is 639 g/mol. The van der Waals surface area contributed by atoms with Crippen LogP contribution in [0.15, 0.2) is 54.6 Å². The second kappa shape index (κ2) is 12.5. The van der Waals surface area contributed by atoms with Gasteiger partial charge in [0.25, 0.3) is 0 Å². The van der Waals surface area contributed by atoms with Crippen molar-refractivity contribution in [2.24, 2.45) is 0 Å². The zero-order chi connectivity index (χ0) is 32.8. The fraction of sp³-hybridized carbons (Fsp3) is 0.368. The third-order valence-electron chi connectivity index (χ3n) is 9.96. The van der Waals surface area contributed by atoms with Gasteiger partial charge in [-0.2, -0.15) is 0 Å². The lowest BCUT2D eigenvalue weighted by Gasteiger charge is -2.38. The van der Waals surface area contributed by atoms with Crippen molar-refractivity contribution in [3.8, 4) is 51.7 Å². The molecule has 47 heavy (non-hydrogen) atoms. The van der Waals surface area contributed by atoms with Crippen LogP contribution in [0, 0.1) is 0 Å². The Bertz CT molecular complexity index is 1810. The minimum atomic E-state index is -0.0834. The lowest BCUT2D eigenvalue weighted by Crippen LogP contribution is -2.34. The van der Waals surface area contributed by atoms with E-state index in [4.69, 9.17) is 28.4 Å². The number of phenols is 1. The number of hydrogen-bond donors (Lipinski definition) is 1. The first-order valence-electron chi connectivity index (χ1n) is 16.1. The predicted molar refractivity (Wildman–Crippen MR) is 179 cm³/mol. The van der Waals surface area contributed by atoms with Gasteiger partial charge in [0, 0.05) is 36.3 Å². The van der Waals surface area contributed by atoms with Crippen molar-refractivity contribution in [1.82, 2.24) is 9.80 Å². The fourth-order valence-electron chi connectivity index (χ4n) is 7.41. The van der Waals surface area contributed by atoms with Crippen molar-refractivity contribution < 1.29 is 33.5 Å². The van der Waals surface area contributed by atoms with Gasteiger partial charge < -0.3 is 33.5 Å². The molecule has 246 valence electrons. The lowest BCUT2D eigenvalue weighted by molar-refractivity contribution is 0.218. The van der Waals surface area contributed by atoms with Crippen LogP contribution in [0.25, 0.3) is 0 Å². The highest BCUT2D eigenvalue weighted by molar-refractivity contribution is 5.67. The number of likely N-dealkylation sites (N-methyl/N-ethyl adjacent to an activating group) is 2. The summed E-state index contributed by atoms with van der Waals surface area (Å²) in [5.41, 5.74) is 6.57. The molecule has 9 nitrogen and oxygen atoms in total. The van der Waals surface area contributed by atoms with Gasteiger partial charge in [0.15, 0.2) is 34.5 Å². The minimum absolute atomic E-state index is 0.0834. The van der Waals surface area contributed by atoms with Crippen LogP contribution in [0.5, 0.6) is 51.7 Å². The monoisotopic (exact) mass is 638 g/mol. The van der Waals surface area contributed by atoms with Gasteiger partial charge in [-0.05, 0) is 98.4 Å². The average Bonchev–Trinajstić information content (AvgIpc) is 3.08. The van der Waals surface area contributed by atoms with Crippen molar-refractivity contribution in [1.29, 1.82) is 0 Å². The van der Waals surface area contributed by atoms with E-state index in [0.29, 0.717) is 52.4 Å². The molecular formula is C38H42N2O7. The number of ether oxygens (including phenoxy) is 6. The highest BCUT2D eigenvalue weighted by atomic mass is 16.6. The van der Waals surface area contributed by atoms with E-state index < -0.39 is 0 Å². The van der Waals surface area contributed by atoms with Crippen LogP contribution >= 0.6 is 0 Å². The third kappa shape index (κ3) is 5.47. The molecule has 6 aliphatic rings. The number of benzene rings is 4. The first kappa shape index (κ1) is 31.0. The first-order chi connectivity index (χ1) is 22.8. The maximum Gasteiger partial charge on any atom is 0.211 e. The number of rotatable bonds is 4. The molecule has 0 saturated carbocycles. The number of aromatic hydroxyl groups is 1. The first-order valence-corrected chi connectivity index (χ1v) is 16.1. The molecule has 0 spiro atoms. The van der Waals surface area contributed by atoms with Crippen LogP contribution in [-0.4, -0.2) is 70.5 Å². The summed E-state index contributed by atoms with van der Waals surface area (Å²) in [5.74, 6) is 4.63. The second-order valence-electron chi connectivity index (χ2n) is 12.6. The summed E-state index contributed by atoms with van der Waals surface area (Å²) in [5, 5.41) is 10.8. The maximum absolute atomic E-state index is 10.8. The highest BCUT2D eigenvalue weighted by Crippen LogP contribution is 2.54. The molecule has 0 radical (unpaired) electrons. The zero-order valence-corrected chi connectivity index (χ0v) is 27.9. The van der Waals surface area contributed by atoms with Crippen LogP contribution in [0.1, 0.15) is 45.5 Å². The minimum Gasteiger partial charge on any atom is -0.504 e. The fourth-order valence-corrected chi connectivity index (χ4v) is 7.41. The molecule has 9 heteroatoms. The van der Waals surface area contributed by atoms with Gasteiger partial charge >= 0.3 is 0 Å². The maximum atomic E-state index is 10.8. The number of nitrogens with zero attached hydrogens (tertiary/aromatic N) is 2. The standard InChI is InChI=1S/C38H42N2O7/c1-39-16-14-26-27-21-33(43-4)37(35(26)44-5)47-38-34-24(20-32(42-3)36(38)45-6)13-15-40(2)29(34)18-23-9-12-30(41)31(19-23)46-25-10-7-22(8-11-25)17-28(27)39/h7-12,19-21,28-29,41H,13-18H2,1-6H3. The molecule has 4 aromatic carbocycles. The molecular weight excluding hydrogens is 596 g/mol. The van der Waals surface area contributed by atoms with Crippen LogP contribution in [0.2, 0.25) is 0 Å². The van der Waals surface area contributed by atoms with Crippen molar-refractivity contribution in [3.63, 3.8) is 0 Å². The Hall–Kier alpha value is -4.60. The van der Waals surface area contributed by atoms with Gasteiger partial charge in [0.05, 0.1) is 28.4 Å². The SMILES string of the molecule is COc1cc2c3c(OC)c1Oc1c(OC)c(OC)cc4c1C(Cc1ccc(O)c(c1)Oc1ccc(cc1)CC2N(C)CC3)N(C)CC4. The molecule has 1 N–H and O–H groups in total. The molecule has 2 unspecified atom stereocenters. The van der Waals surface area contributed by atoms with Gasteiger partial charge in [-0.25, -0.2) is 0 Å². The Morgan fingerprint density at radius 2 is 1.36 bits per heavy atom. The summed E-state index contributed by atoms with van der Waals surface area (Å²) < 4.78 is 37.5. The topological polar surface area (TPSA) is 82.1 Å². The van der Waals surface area contributed by atoms with Crippen molar-refractivity contribution >= 4 is 0 Å². The molecule has 8 bridgehead atoms. The van der Waals surface area contributed by atoms with Crippen molar-refractivity contribution in [2.75, 3.05) is 55.6 Å². The van der Waals surface area contributed by atoms with E-state index >= 15 is 0 Å². The molecule has 0 aromatic heterocycles. The van der Waals surface area contributed by atoms with Gasteiger partial charge in [0.2, 0.25) is 11.5 Å². The molecule has 6 heterocycles. The van der Waals surface area contributed by atoms with Gasteiger partial charge in [-0.1, -0.05) is 18.2 Å². The Morgan fingerprint density at radius 3 is 2.09 bits per heavy atom. The molecule has 10 rings (SSSR count). The highest BCUT2D eigenvalue weighted by Gasteiger charge is 2.36. The lowest BCUT2D eigenvalue weighted by atomic mass is 9.87. The summed E-state index contributed by atoms with van der Waals surface area (Å²) in [6.07, 6.45) is 3.03. The number of methoxy groups -OCH3 is 4. The normalized spacial score (nSPS) is 19.0. The summed E-state index contributed by atoms with van der Waals surface area (Å²) in [4.78, 5) is 4.71. The molecule has 0 aliphatic carbocycles. The van der Waals surface area contributed by atoms with E-state index in [1.165, 1.54) is 5.56 Å². The van der Waals surface area contributed by atoms with Crippen molar-refractivity contribution in [3.05, 3.63) is 88.0 Å². The Labute approximate surface area is 276 Å². The third-order valence-corrected chi connectivity index (χ3v) is 9.96. The summed E-state index contributed by atoms with van der Waals surface area (Å²) in [7, 11) is 10.9. The van der Waals surface area contributed by atoms with Gasteiger partial charge in [0.1, 0.15) is 5.75 Å². The summed E-state index contributed by atoms with van der Waals surface area (Å²) >= 11 is 0. The molecule has 0 fully saturated rings.